The number of fused-ring (bicyclic) bond motifs is 2. The van der Waals surface area contributed by atoms with Gasteiger partial charge in [0.25, 0.3) is 0 Å². The van der Waals surface area contributed by atoms with Gasteiger partial charge < -0.3 is 19.9 Å². The normalized spacial score (nSPS) is 21.4. The van der Waals surface area contributed by atoms with Gasteiger partial charge in [-0.15, -0.1) is 0 Å². The molecular weight excluding hydrogens is 526 g/mol. The monoisotopic (exact) mass is 565 g/mol. The van der Waals surface area contributed by atoms with Crippen LogP contribution >= 0.6 is 0 Å². The van der Waals surface area contributed by atoms with Gasteiger partial charge in [0, 0.05) is 19.5 Å². The minimum Gasteiger partial charge on any atom is -0.457 e. The van der Waals surface area contributed by atoms with Crippen molar-refractivity contribution in [2.45, 2.75) is 76.5 Å². The van der Waals surface area contributed by atoms with Crippen molar-refractivity contribution in [1.29, 1.82) is 0 Å². The number of benzene rings is 3. The van der Waals surface area contributed by atoms with Crippen molar-refractivity contribution in [3.63, 3.8) is 0 Å². The summed E-state index contributed by atoms with van der Waals surface area (Å²) in [6.07, 6.45) is 6.64. The molecule has 1 N–H and O–H groups in total. The third-order valence-electron chi connectivity index (χ3n) is 9.03. The molecule has 2 heterocycles. The summed E-state index contributed by atoms with van der Waals surface area (Å²) in [5.74, 6) is 1.24. The van der Waals surface area contributed by atoms with Crippen molar-refractivity contribution in [3.05, 3.63) is 95.6 Å². The number of nitrogens with one attached hydrogen (secondary N) is 1. The Balaban J connectivity index is 1.37. The lowest BCUT2D eigenvalue weighted by Gasteiger charge is -2.50. The van der Waals surface area contributed by atoms with Crippen molar-refractivity contribution < 1.29 is 19.1 Å². The summed E-state index contributed by atoms with van der Waals surface area (Å²) < 4.78 is 5.99. The number of likely N-dealkylation sites (N-methyl/N-ethyl adjacent to an activating group) is 1. The van der Waals surface area contributed by atoms with Crippen LogP contribution in [-0.4, -0.2) is 46.1 Å². The number of ether oxygens (including phenoxy) is 1. The molecular formula is C35H39N3O4. The van der Waals surface area contributed by atoms with Gasteiger partial charge >= 0.3 is 0 Å². The molecule has 42 heavy (non-hydrogen) atoms. The Labute approximate surface area is 247 Å². The van der Waals surface area contributed by atoms with Gasteiger partial charge in [0.1, 0.15) is 29.6 Å². The highest BCUT2D eigenvalue weighted by Crippen LogP contribution is 2.39. The van der Waals surface area contributed by atoms with Crippen molar-refractivity contribution in [1.82, 2.24) is 15.1 Å². The van der Waals surface area contributed by atoms with Gasteiger partial charge in [-0.2, -0.15) is 0 Å². The number of nitrogens with zero attached hydrogens (tertiary/aromatic N) is 2. The Morgan fingerprint density at radius 2 is 1.52 bits per heavy atom. The van der Waals surface area contributed by atoms with Crippen LogP contribution < -0.4 is 10.1 Å². The van der Waals surface area contributed by atoms with Crippen molar-refractivity contribution in [2.75, 3.05) is 6.54 Å². The van der Waals surface area contributed by atoms with Crippen LogP contribution in [0.1, 0.15) is 68.2 Å². The third-order valence-corrected chi connectivity index (χ3v) is 9.03. The number of piperazine rings is 1. The molecule has 7 heteroatoms. The van der Waals surface area contributed by atoms with E-state index in [1.54, 1.807) is 9.80 Å². The van der Waals surface area contributed by atoms with Gasteiger partial charge in [-0.1, -0.05) is 86.7 Å². The number of carbonyl (C=O) groups is 3. The highest BCUT2D eigenvalue weighted by atomic mass is 16.5. The Bertz CT molecular complexity index is 1420. The summed E-state index contributed by atoms with van der Waals surface area (Å²) in [6.45, 7) is 2.72. The van der Waals surface area contributed by atoms with Crippen LogP contribution in [0.15, 0.2) is 78.9 Å². The topological polar surface area (TPSA) is 79.0 Å². The lowest BCUT2D eigenvalue weighted by Crippen LogP contribution is -2.67. The first-order valence-electron chi connectivity index (χ1n) is 15.3. The van der Waals surface area contributed by atoms with Crippen molar-refractivity contribution >= 4 is 17.7 Å². The first kappa shape index (κ1) is 28.0. The van der Waals surface area contributed by atoms with E-state index in [2.05, 4.69) is 5.32 Å². The zero-order chi connectivity index (χ0) is 29.1. The van der Waals surface area contributed by atoms with Gasteiger partial charge in [-0.3, -0.25) is 14.4 Å². The minimum absolute atomic E-state index is 0.0435. The van der Waals surface area contributed by atoms with Gasteiger partial charge in [0.15, 0.2) is 0 Å². The average molecular weight is 566 g/mol. The predicted octanol–water partition coefficient (Wildman–Crippen LogP) is 5.79. The number of rotatable bonds is 8. The van der Waals surface area contributed by atoms with Crippen LogP contribution in [0.3, 0.4) is 0 Å². The van der Waals surface area contributed by atoms with E-state index >= 15 is 0 Å². The van der Waals surface area contributed by atoms with Gasteiger partial charge in [0.05, 0.1) is 0 Å². The molecule has 3 aliphatic rings. The fourth-order valence-electron chi connectivity index (χ4n) is 6.92. The van der Waals surface area contributed by atoms with E-state index in [1.807, 2.05) is 85.8 Å². The molecule has 6 rings (SSSR count). The molecule has 2 aliphatic heterocycles. The number of para-hydroxylation sites is 1. The molecule has 0 bridgehead atoms. The van der Waals surface area contributed by atoms with E-state index in [1.165, 1.54) is 6.42 Å². The van der Waals surface area contributed by atoms with Crippen LogP contribution in [0.25, 0.3) is 0 Å². The fraction of sp³-hybridized carbons (Fsp3) is 0.400. The maximum absolute atomic E-state index is 14.5. The summed E-state index contributed by atoms with van der Waals surface area (Å²) in [5, 5.41) is 2.95. The van der Waals surface area contributed by atoms with E-state index in [0.717, 1.165) is 36.8 Å². The average Bonchev–Trinajstić information content (AvgIpc) is 3.02. The molecule has 0 spiro atoms. The van der Waals surface area contributed by atoms with E-state index in [4.69, 9.17) is 4.74 Å². The quantitative estimate of drug-likeness (QED) is 0.375. The maximum atomic E-state index is 14.5. The van der Waals surface area contributed by atoms with Crippen LogP contribution in [0.4, 0.5) is 0 Å². The van der Waals surface area contributed by atoms with Gasteiger partial charge in [0.2, 0.25) is 17.7 Å². The zero-order valence-corrected chi connectivity index (χ0v) is 24.2. The summed E-state index contributed by atoms with van der Waals surface area (Å²) in [4.78, 5) is 46.1. The summed E-state index contributed by atoms with van der Waals surface area (Å²) in [7, 11) is 0. The predicted molar refractivity (Wildman–Crippen MR) is 161 cm³/mol. The van der Waals surface area contributed by atoms with Crippen LogP contribution in [0.2, 0.25) is 0 Å². The standard InChI is InChI=1S/C35H39N3O4/c1-2-36-33(39)32(25-17-19-29(20-18-25)42-28-15-7-4-8-16-28)38-31(21-24-11-5-3-6-12-24)34(40)37-23-27-14-10-9-13-26(27)22-30(37)35(38)41/h4,7-10,13-20,24,30-32H,2-3,5-6,11-12,21-23H2,1H3,(H,36,39)/t30-,31-,32?/m0/s1. The molecule has 7 nitrogen and oxygen atoms in total. The molecule has 1 unspecified atom stereocenters. The molecule has 1 aliphatic carbocycles. The Kier molecular flexibility index (Phi) is 8.27. The molecule has 0 radical (unpaired) electrons. The number of amides is 3. The molecule has 3 atom stereocenters. The molecule has 3 aromatic carbocycles. The third kappa shape index (κ3) is 5.65. The molecule has 218 valence electrons. The smallest absolute Gasteiger partial charge is 0.247 e. The first-order valence-corrected chi connectivity index (χ1v) is 15.3. The van der Waals surface area contributed by atoms with Crippen molar-refractivity contribution in [3.8, 4) is 11.5 Å². The van der Waals surface area contributed by atoms with E-state index in [-0.39, 0.29) is 17.7 Å². The highest BCUT2D eigenvalue weighted by Gasteiger charge is 2.51. The molecule has 3 amide bonds. The number of hydrogen-bond acceptors (Lipinski definition) is 4. The fourth-order valence-corrected chi connectivity index (χ4v) is 6.92. The molecule has 1 saturated carbocycles. The second-order valence-corrected chi connectivity index (χ2v) is 11.7. The second kappa shape index (κ2) is 12.4. The van der Waals surface area contributed by atoms with Crippen molar-refractivity contribution in [2.24, 2.45) is 5.92 Å². The van der Waals surface area contributed by atoms with E-state index in [9.17, 15) is 14.4 Å². The largest absolute Gasteiger partial charge is 0.457 e. The number of carbonyl (C=O) groups excluding carboxylic acids is 3. The maximum Gasteiger partial charge on any atom is 0.247 e. The van der Waals surface area contributed by atoms with E-state index in [0.29, 0.717) is 48.9 Å². The SMILES string of the molecule is CCNC(=O)C(c1ccc(Oc2ccccc2)cc1)N1C(=O)[C@@H]2Cc3ccccc3CN2C(=O)[C@@H]1CC1CCCCC1. The lowest BCUT2D eigenvalue weighted by atomic mass is 9.81. The van der Waals surface area contributed by atoms with Gasteiger partial charge in [-0.05, 0) is 60.2 Å². The van der Waals surface area contributed by atoms with Crippen LogP contribution in [0.5, 0.6) is 11.5 Å². The molecule has 2 fully saturated rings. The summed E-state index contributed by atoms with van der Waals surface area (Å²) in [5.41, 5.74) is 2.84. The molecule has 3 aromatic rings. The second-order valence-electron chi connectivity index (χ2n) is 11.7. The lowest BCUT2D eigenvalue weighted by molar-refractivity contribution is -0.169. The first-order chi connectivity index (χ1) is 20.5. The molecule has 1 saturated heterocycles. The minimum atomic E-state index is -0.917. The molecule has 0 aromatic heterocycles. The summed E-state index contributed by atoms with van der Waals surface area (Å²) in [6, 6.07) is 22.7. The van der Waals surface area contributed by atoms with Crippen LogP contribution in [-0.2, 0) is 27.3 Å². The Morgan fingerprint density at radius 1 is 0.857 bits per heavy atom. The Hall–Kier alpha value is -4.13. The van der Waals surface area contributed by atoms with Crippen LogP contribution in [0, 0.1) is 5.92 Å². The zero-order valence-electron chi connectivity index (χ0n) is 24.2. The Morgan fingerprint density at radius 3 is 2.24 bits per heavy atom. The summed E-state index contributed by atoms with van der Waals surface area (Å²) >= 11 is 0. The van der Waals surface area contributed by atoms with E-state index < -0.39 is 18.1 Å². The highest BCUT2D eigenvalue weighted by molar-refractivity contribution is 6.00. The number of hydrogen-bond donors (Lipinski definition) is 1. The van der Waals surface area contributed by atoms with Gasteiger partial charge in [-0.25, -0.2) is 0 Å².